The fourth-order valence-corrected chi connectivity index (χ4v) is 1.52. The maximum atomic E-state index is 11.7. The molecule has 1 unspecified atom stereocenters. The van der Waals surface area contributed by atoms with E-state index in [1.165, 1.54) is 6.08 Å². The van der Waals surface area contributed by atoms with Crippen molar-refractivity contribution < 1.29 is 19.0 Å². The maximum absolute atomic E-state index is 11.7. The zero-order valence-electron chi connectivity index (χ0n) is 11.8. The smallest absolute Gasteiger partial charge is 0.496 e. The highest BCUT2D eigenvalue weighted by atomic mass is 16.7. The van der Waals surface area contributed by atoms with Gasteiger partial charge in [0.2, 0.25) is 0 Å². The Balaban J connectivity index is 2.84. The second-order valence-electron chi connectivity index (χ2n) is 4.98. The van der Waals surface area contributed by atoms with Gasteiger partial charge in [0.25, 0.3) is 0 Å². The average Bonchev–Trinajstić information content (AvgIpc) is 2.33. The first kappa shape index (κ1) is 15.1. The van der Waals surface area contributed by atoms with Crippen LogP contribution < -0.4 is 4.74 Å². The number of ether oxygens (including phenoxy) is 3. The monoisotopic (exact) mass is 264 g/mol. The Hall–Kier alpha value is -1.97. The normalized spacial score (nSPS) is 12.4. The molecule has 0 aromatic heterocycles. The Morgan fingerprint density at radius 1 is 1.32 bits per heavy atom. The van der Waals surface area contributed by atoms with Crippen LogP contribution in [0.25, 0.3) is 0 Å². The molecule has 0 radical (unpaired) electrons. The molecule has 19 heavy (non-hydrogen) atoms. The molecule has 0 fully saturated rings. The standard InChI is InChI=1S/C15H20O4/c1-6-12(18-14(16)19-15(2,3)4)11-9-7-8-10-13(11)17-5/h6-10,12H,1H2,2-5H3. The fourth-order valence-electron chi connectivity index (χ4n) is 1.52. The number of carbonyl (C=O) groups excluding carboxylic acids is 1. The minimum atomic E-state index is -0.733. The van der Waals surface area contributed by atoms with E-state index < -0.39 is 17.9 Å². The minimum absolute atomic E-state index is 0.594. The van der Waals surface area contributed by atoms with Gasteiger partial charge in [-0.1, -0.05) is 24.8 Å². The highest BCUT2D eigenvalue weighted by Gasteiger charge is 2.22. The summed E-state index contributed by atoms with van der Waals surface area (Å²) in [5.74, 6) is 0.635. The molecule has 1 aromatic carbocycles. The zero-order chi connectivity index (χ0) is 14.5. The van der Waals surface area contributed by atoms with Crippen LogP contribution >= 0.6 is 0 Å². The van der Waals surface area contributed by atoms with E-state index in [2.05, 4.69) is 6.58 Å². The van der Waals surface area contributed by atoms with E-state index in [1.54, 1.807) is 33.9 Å². The molecular weight excluding hydrogens is 244 g/mol. The molecular formula is C15H20O4. The van der Waals surface area contributed by atoms with Crippen LogP contribution in [0.15, 0.2) is 36.9 Å². The van der Waals surface area contributed by atoms with Gasteiger partial charge in [0.05, 0.1) is 7.11 Å². The fraction of sp³-hybridized carbons (Fsp3) is 0.400. The van der Waals surface area contributed by atoms with Gasteiger partial charge in [-0.2, -0.15) is 0 Å². The SMILES string of the molecule is C=CC(OC(=O)OC(C)(C)C)c1ccccc1OC. The topological polar surface area (TPSA) is 44.8 Å². The summed E-state index contributed by atoms with van der Waals surface area (Å²) in [6, 6.07) is 7.29. The van der Waals surface area contributed by atoms with Crippen LogP contribution in [0.4, 0.5) is 4.79 Å². The van der Waals surface area contributed by atoms with Gasteiger partial charge in [-0.25, -0.2) is 4.79 Å². The number of rotatable bonds is 4. The van der Waals surface area contributed by atoms with Gasteiger partial charge in [-0.15, -0.1) is 0 Å². The van der Waals surface area contributed by atoms with E-state index in [0.717, 1.165) is 5.56 Å². The minimum Gasteiger partial charge on any atom is -0.496 e. The second kappa shape index (κ2) is 6.27. The summed E-state index contributed by atoms with van der Waals surface area (Å²) >= 11 is 0. The van der Waals surface area contributed by atoms with Gasteiger partial charge < -0.3 is 14.2 Å². The summed E-state index contributed by atoms with van der Waals surface area (Å²) in [5.41, 5.74) is 0.134. The first-order valence-corrected chi connectivity index (χ1v) is 6.02. The lowest BCUT2D eigenvalue weighted by Gasteiger charge is -2.22. The van der Waals surface area contributed by atoms with Crippen molar-refractivity contribution in [2.45, 2.75) is 32.5 Å². The van der Waals surface area contributed by atoms with Crippen molar-refractivity contribution in [1.82, 2.24) is 0 Å². The summed E-state index contributed by atoms with van der Waals surface area (Å²) in [6.07, 6.45) is 0.191. The molecule has 0 aliphatic heterocycles. The molecule has 0 spiro atoms. The Morgan fingerprint density at radius 3 is 2.47 bits per heavy atom. The molecule has 0 aliphatic rings. The van der Waals surface area contributed by atoms with E-state index in [9.17, 15) is 4.79 Å². The van der Waals surface area contributed by atoms with E-state index in [-0.39, 0.29) is 0 Å². The van der Waals surface area contributed by atoms with Crippen molar-refractivity contribution >= 4 is 6.16 Å². The van der Waals surface area contributed by atoms with Gasteiger partial charge in [0, 0.05) is 5.56 Å². The van der Waals surface area contributed by atoms with Gasteiger partial charge in [0.15, 0.2) is 6.10 Å². The van der Waals surface area contributed by atoms with Crippen LogP contribution in [0.1, 0.15) is 32.4 Å². The number of benzene rings is 1. The van der Waals surface area contributed by atoms with Crippen molar-refractivity contribution in [3.63, 3.8) is 0 Å². The quantitative estimate of drug-likeness (QED) is 0.611. The molecule has 1 atom stereocenters. The van der Waals surface area contributed by atoms with Crippen LogP contribution in [-0.2, 0) is 9.47 Å². The Morgan fingerprint density at radius 2 is 1.95 bits per heavy atom. The van der Waals surface area contributed by atoms with Gasteiger partial charge >= 0.3 is 6.16 Å². The highest BCUT2D eigenvalue weighted by molar-refractivity contribution is 5.61. The number of hydrogen-bond donors (Lipinski definition) is 0. The van der Waals surface area contributed by atoms with E-state index in [0.29, 0.717) is 5.75 Å². The lowest BCUT2D eigenvalue weighted by atomic mass is 10.1. The second-order valence-corrected chi connectivity index (χ2v) is 4.98. The Kier molecular flexibility index (Phi) is 4.98. The van der Waals surface area contributed by atoms with Crippen molar-refractivity contribution in [2.24, 2.45) is 0 Å². The number of methoxy groups -OCH3 is 1. The summed E-state index contributed by atoms with van der Waals surface area (Å²) in [7, 11) is 1.56. The largest absolute Gasteiger partial charge is 0.509 e. The maximum Gasteiger partial charge on any atom is 0.509 e. The molecule has 0 bridgehead atoms. The first-order chi connectivity index (χ1) is 8.87. The molecule has 1 aromatic rings. The summed E-state index contributed by atoms with van der Waals surface area (Å²) < 4.78 is 15.6. The summed E-state index contributed by atoms with van der Waals surface area (Å²) in [6.45, 7) is 9.01. The highest BCUT2D eigenvalue weighted by Crippen LogP contribution is 2.28. The van der Waals surface area contributed by atoms with Crippen LogP contribution in [0.3, 0.4) is 0 Å². The van der Waals surface area contributed by atoms with E-state index in [4.69, 9.17) is 14.2 Å². The third-order valence-corrected chi connectivity index (χ3v) is 2.27. The molecule has 104 valence electrons. The number of carbonyl (C=O) groups is 1. The van der Waals surface area contributed by atoms with Crippen molar-refractivity contribution in [3.05, 3.63) is 42.5 Å². The molecule has 0 aliphatic carbocycles. The lowest BCUT2D eigenvalue weighted by Crippen LogP contribution is -2.25. The van der Waals surface area contributed by atoms with Crippen LogP contribution in [0.2, 0.25) is 0 Å². The van der Waals surface area contributed by atoms with Crippen LogP contribution in [0, 0.1) is 0 Å². The van der Waals surface area contributed by atoms with E-state index in [1.807, 2.05) is 18.2 Å². The molecule has 0 heterocycles. The van der Waals surface area contributed by atoms with Gasteiger partial charge in [0.1, 0.15) is 11.4 Å². The van der Waals surface area contributed by atoms with Crippen molar-refractivity contribution in [3.8, 4) is 5.75 Å². The molecule has 4 nitrogen and oxygen atoms in total. The Bertz CT molecular complexity index is 446. The molecule has 0 saturated heterocycles. The third kappa shape index (κ3) is 4.66. The van der Waals surface area contributed by atoms with Crippen LogP contribution in [-0.4, -0.2) is 18.9 Å². The van der Waals surface area contributed by atoms with Gasteiger partial charge in [-0.3, -0.25) is 0 Å². The van der Waals surface area contributed by atoms with Crippen molar-refractivity contribution in [2.75, 3.05) is 7.11 Å². The van der Waals surface area contributed by atoms with Gasteiger partial charge in [-0.05, 0) is 32.9 Å². The zero-order valence-corrected chi connectivity index (χ0v) is 11.8. The predicted octanol–water partition coefficient (Wildman–Crippen LogP) is 3.87. The Labute approximate surface area is 114 Å². The first-order valence-electron chi connectivity index (χ1n) is 6.02. The predicted molar refractivity (Wildman–Crippen MR) is 73.3 cm³/mol. The number of hydrogen-bond acceptors (Lipinski definition) is 4. The molecule has 4 heteroatoms. The average molecular weight is 264 g/mol. The number of para-hydroxylation sites is 1. The molecule has 1 rings (SSSR count). The molecule has 0 amide bonds. The lowest BCUT2D eigenvalue weighted by molar-refractivity contribution is -0.0190. The summed E-state index contributed by atoms with van der Waals surface area (Å²) in [5, 5.41) is 0. The van der Waals surface area contributed by atoms with Crippen molar-refractivity contribution in [1.29, 1.82) is 0 Å². The van der Waals surface area contributed by atoms with E-state index >= 15 is 0 Å². The summed E-state index contributed by atoms with van der Waals surface area (Å²) in [4.78, 5) is 11.7. The third-order valence-electron chi connectivity index (χ3n) is 2.27. The van der Waals surface area contributed by atoms with Crippen LogP contribution in [0.5, 0.6) is 5.75 Å². The molecule has 0 saturated carbocycles. The molecule has 0 N–H and O–H groups in total.